The highest BCUT2D eigenvalue weighted by atomic mass is 16.1. The van der Waals surface area contributed by atoms with Gasteiger partial charge in [-0.15, -0.1) is 0 Å². The Balaban J connectivity index is 2.19. The lowest BCUT2D eigenvalue weighted by atomic mass is 10.1. The quantitative estimate of drug-likeness (QED) is 0.783. The number of para-hydroxylation sites is 1. The number of nitrogens with one attached hydrogen (secondary N) is 3. The standard InChI is InChI=1S/C15H20N4O/c1-4-9-16-13-8-6-5-7-12(13)15(20)17-14-10(2)11(3)18-19-14/h5-8,16H,4,9H2,1-3H3,(H2,17,18,19,20). The molecule has 3 N–H and O–H groups in total. The second-order valence-corrected chi connectivity index (χ2v) is 4.75. The summed E-state index contributed by atoms with van der Waals surface area (Å²) in [6, 6.07) is 7.49. The lowest BCUT2D eigenvalue weighted by Crippen LogP contribution is -2.15. The Hall–Kier alpha value is -2.30. The van der Waals surface area contributed by atoms with Crippen molar-refractivity contribution < 1.29 is 4.79 Å². The lowest BCUT2D eigenvalue weighted by molar-refractivity contribution is 0.102. The Bertz CT molecular complexity index is 604. The minimum absolute atomic E-state index is 0.154. The Kier molecular flexibility index (Phi) is 4.40. The molecule has 0 aliphatic heterocycles. The van der Waals surface area contributed by atoms with E-state index in [0.717, 1.165) is 29.9 Å². The molecular weight excluding hydrogens is 252 g/mol. The average Bonchev–Trinajstić information content (AvgIpc) is 2.77. The maximum absolute atomic E-state index is 12.4. The molecule has 0 fully saturated rings. The SMILES string of the molecule is CCCNc1ccccc1C(=O)Nc1n[nH]c(C)c1C. The van der Waals surface area contributed by atoms with E-state index in [-0.39, 0.29) is 5.91 Å². The van der Waals surface area contributed by atoms with Crippen LogP contribution in [0, 0.1) is 13.8 Å². The largest absolute Gasteiger partial charge is 0.384 e. The molecule has 1 aromatic carbocycles. The third kappa shape index (κ3) is 2.99. The molecule has 1 heterocycles. The van der Waals surface area contributed by atoms with E-state index in [9.17, 15) is 4.79 Å². The predicted octanol–water partition coefficient (Wildman–Crippen LogP) is 3.10. The molecule has 106 valence electrons. The highest BCUT2D eigenvalue weighted by Crippen LogP contribution is 2.19. The van der Waals surface area contributed by atoms with Gasteiger partial charge in [0.2, 0.25) is 0 Å². The molecule has 20 heavy (non-hydrogen) atoms. The normalized spacial score (nSPS) is 10.3. The number of benzene rings is 1. The zero-order valence-corrected chi connectivity index (χ0v) is 12.1. The number of hydrogen-bond donors (Lipinski definition) is 3. The summed E-state index contributed by atoms with van der Waals surface area (Å²) in [5.74, 6) is 0.427. The minimum Gasteiger partial charge on any atom is -0.384 e. The fourth-order valence-electron chi connectivity index (χ4n) is 1.88. The number of amides is 1. The molecule has 0 radical (unpaired) electrons. The first-order valence-corrected chi connectivity index (χ1v) is 6.79. The number of aryl methyl sites for hydroxylation is 1. The smallest absolute Gasteiger partial charge is 0.258 e. The molecule has 0 atom stereocenters. The van der Waals surface area contributed by atoms with Gasteiger partial charge in [-0.1, -0.05) is 19.1 Å². The summed E-state index contributed by atoms with van der Waals surface area (Å²) >= 11 is 0. The van der Waals surface area contributed by atoms with E-state index in [2.05, 4.69) is 27.8 Å². The van der Waals surface area contributed by atoms with Crippen LogP contribution in [-0.4, -0.2) is 22.6 Å². The van der Waals surface area contributed by atoms with E-state index < -0.39 is 0 Å². The molecule has 2 aromatic rings. The van der Waals surface area contributed by atoms with Crippen molar-refractivity contribution in [2.24, 2.45) is 0 Å². The summed E-state index contributed by atoms with van der Waals surface area (Å²) < 4.78 is 0. The van der Waals surface area contributed by atoms with E-state index in [0.29, 0.717) is 11.4 Å². The van der Waals surface area contributed by atoms with Crippen molar-refractivity contribution in [3.63, 3.8) is 0 Å². The molecular formula is C15H20N4O. The number of hydrogen-bond acceptors (Lipinski definition) is 3. The van der Waals surface area contributed by atoms with Gasteiger partial charge in [0.05, 0.1) is 5.56 Å². The second kappa shape index (κ2) is 6.23. The van der Waals surface area contributed by atoms with Crippen LogP contribution >= 0.6 is 0 Å². The van der Waals surface area contributed by atoms with Gasteiger partial charge in [-0.3, -0.25) is 9.89 Å². The van der Waals surface area contributed by atoms with Crippen molar-refractivity contribution in [2.45, 2.75) is 27.2 Å². The number of H-pyrrole nitrogens is 1. The molecule has 0 bridgehead atoms. The summed E-state index contributed by atoms with van der Waals surface area (Å²) in [5.41, 5.74) is 3.38. The maximum atomic E-state index is 12.4. The summed E-state index contributed by atoms with van der Waals surface area (Å²) in [4.78, 5) is 12.4. The number of anilines is 2. The molecule has 0 aliphatic rings. The Labute approximate surface area is 118 Å². The molecule has 1 amide bonds. The van der Waals surface area contributed by atoms with Crippen molar-refractivity contribution in [1.29, 1.82) is 0 Å². The van der Waals surface area contributed by atoms with E-state index in [4.69, 9.17) is 0 Å². The maximum Gasteiger partial charge on any atom is 0.258 e. The first-order chi connectivity index (χ1) is 9.63. The fourth-order valence-corrected chi connectivity index (χ4v) is 1.88. The van der Waals surface area contributed by atoms with Crippen LogP contribution in [-0.2, 0) is 0 Å². The van der Waals surface area contributed by atoms with Gasteiger partial charge in [-0.2, -0.15) is 5.10 Å². The molecule has 0 saturated carbocycles. The van der Waals surface area contributed by atoms with Crippen LogP contribution in [0.15, 0.2) is 24.3 Å². The van der Waals surface area contributed by atoms with Crippen LogP contribution in [0.2, 0.25) is 0 Å². The number of carbonyl (C=O) groups is 1. The number of aromatic nitrogens is 2. The van der Waals surface area contributed by atoms with E-state index >= 15 is 0 Å². The highest BCUT2D eigenvalue weighted by molar-refractivity contribution is 6.07. The first kappa shape index (κ1) is 14.1. The van der Waals surface area contributed by atoms with Crippen LogP contribution in [0.1, 0.15) is 35.0 Å². The molecule has 0 unspecified atom stereocenters. The van der Waals surface area contributed by atoms with Crippen LogP contribution in [0.25, 0.3) is 0 Å². The van der Waals surface area contributed by atoms with Gasteiger partial charge in [0, 0.05) is 23.5 Å². The molecule has 0 aliphatic carbocycles. The van der Waals surface area contributed by atoms with E-state index in [1.807, 2.05) is 38.1 Å². The highest BCUT2D eigenvalue weighted by Gasteiger charge is 2.14. The Morgan fingerprint density at radius 1 is 1.30 bits per heavy atom. The molecule has 1 aromatic heterocycles. The fraction of sp³-hybridized carbons (Fsp3) is 0.333. The minimum atomic E-state index is -0.154. The third-order valence-electron chi connectivity index (χ3n) is 3.22. The van der Waals surface area contributed by atoms with Crippen LogP contribution in [0.4, 0.5) is 11.5 Å². The van der Waals surface area contributed by atoms with Gasteiger partial charge in [0.1, 0.15) is 0 Å². The molecule has 0 saturated heterocycles. The molecule has 0 spiro atoms. The van der Waals surface area contributed by atoms with E-state index in [1.54, 1.807) is 0 Å². The van der Waals surface area contributed by atoms with Gasteiger partial charge < -0.3 is 10.6 Å². The van der Waals surface area contributed by atoms with Crippen molar-refractivity contribution in [3.05, 3.63) is 41.1 Å². The van der Waals surface area contributed by atoms with Crippen LogP contribution in [0.3, 0.4) is 0 Å². The van der Waals surface area contributed by atoms with Crippen molar-refractivity contribution >= 4 is 17.4 Å². The van der Waals surface area contributed by atoms with Crippen LogP contribution < -0.4 is 10.6 Å². The molecule has 5 nitrogen and oxygen atoms in total. The van der Waals surface area contributed by atoms with Gasteiger partial charge in [-0.05, 0) is 32.4 Å². The zero-order chi connectivity index (χ0) is 14.5. The van der Waals surface area contributed by atoms with Crippen molar-refractivity contribution in [3.8, 4) is 0 Å². The monoisotopic (exact) mass is 272 g/mol. The average molecular weight is 272 g/mol. The molecule has 2 rings (SSSR count). The third-order valence-corrected chi connectivity index (χ3v) is 3.22. The van der Waals surface area contributed by atoms with Crippen molar-refractivity contribution in [1.82, 2.24) is 10.2 Å². The number of carbonyl (C=O) groups excluding carboxylic acids is 1. The summed E-state index contributed by atoms with van der Waals surface area (Å²) in [6.07, 6.45) is 1.01. The summed E-state index contributed by atoms with van der Waals surface area (Å²) in [6.45, 7) is 6.78. The lowest BCUT2D eigenvalue weighted by Gasteiger charge is -2.11. The van der Waals surface area contributed by atoms with Gasteiger partial charge in [0.15, 0.2) is 5.82 Å². The van der Waals surface area contributed by atoms with Crippen molar-refractivity contribution in [2.75, 3.05) is 17.2 Å². The van der Waals surface area contributed by atoms with Gasteiger partial charge in [-0.25, -0.2) is 0 Å². The van der Waals surface area contributed by atoms with Crippen LogP contribution in [0.5, 0.6) is 0 Å². The number of nitrogens with zero attached hydrogens (tertiary/aromatic N) is 1. The summed E-state index contributed by atoms with van der Waals surface area (Å²) in [7, 11) is 0. The second-order valence-electron chi connectivity index (χ2n) is 4.75. The first-order valence-electron chi connectivity index (χ1n) is 6.79. The molecule has 5 heteroatoms. The summed E-state index contributed by atoms with van der Waals surface area (Å²) in [5, 5.41) is 13.1. The zero-order valence-electron chi connectivity index (χ0n) is 12.1. The number of rotatable bonds is 5. The number of aromatic amines is 1. The van der Waals surface area contributed by atoms with Gasteiger partial charge in [0.25, 0.3) is 5.91 Å². The Morgan fingerprint density at radius 3 is 2.70 bits per heavy atom. The predicted molar refractivity (Wildman–Crippen MR) is 81.2 cm³/mol. The Morgan fingerprint density at radius 2 is 2.05 bits per heavy atom. The topological polar surface area (TPSA) is 69.8 Å². The van der Waals surface area contributed by atoms with E-state index in [1.165, 1.54) is 0 Å². The van der Waals surface area contributed by atoms with Gasteiger partial charge >= 0.3 is 0 Å².